The number of hydrogen-bond donors (Lipinski definition) is 1. The van der Waals surface area contributed by atoms with Gasteiger partial charge in [-0.1, -0.05) is 17.7 Å². The van der Waals surface area contributed by atoms with Crippen molar-refractivity contribution < 1.29 is 13.5 Å². The molecular formula is C13H19NO3S. The summed E-state index contributed by atoms with van der Waals surface area (Å²) in [7, 11) is -3.48. The molecule has 100 valence electrons. The van der Waals surface area contributed by atoms with Gasteiger partial charge in [0.15, 0.2) is 0 Å². The normalized spacial score (nSPS) is 23.2. The van der Waals surface area contributed by atoms with Crippen LogP contribution in [0.4, 0.5) is 0 Å². The summed E-state index contributed by atoms with van der Waals surface area (Å²) in [6.45, 7) is 4.06. The standard InChI is InChI=1S/C13H19NO3S/c1-10-5-7-12(8-6-10)18(16,17)14-9-3-4-13(14)11(2)15/h5-8,11,13,15H,3-4,9H2,1-2H3/t11-,13-/m0/s1. The Morgan fingerprint density at radius 3 is 2.50 bits per heavy atom. The highest BCUT2D eigenvalue weighted by atomic mass is 32.2. The van der Waals surface area contributed by atoms with Crippen molar-refractivity contribution >= 4 is 10.0 Å². The molecule has 1 saturated heterocycles. The number of rotatable bonds is 3. The molecule has 5 heteroatoms. The Hall–Kier alpha value is -0.910. The van der Waals surface area contributed by atoms with Crippen molar-refractivity contribution in [3.05, 3.63) is 29.8 Å². The molecule has 0 unspecified atom stereocenters. The molecule has 0 aromatic heterocycles. The van der Waals surface area contributed by atoms with Crippen LogP contribution < -0.4 is 0 Å². The average molecular weight is 269 g/mol. The molecule has 0 spiro atoms. The molecule has 1 aromatic carbocycles. The quantitative estimate of drug-likeness (QED) is 0.905. The van der Waals surface area contributed by atoms with Crippen molar-refractivity contribution in [3.8, 4) is 0 Å². The Morgan fingerprint density at radius 1 is 1.33 bits per heavy atom. The van der Waals surface area contributed by atoms with Crippen LogP contribution >= 0.6 is 0 Å². The lowest BCUT2D eigenvalue weighted by molar-refractivity contribution is 0.123. The number of nitrogens with zero attached hydrogens (tertiary/aromatic N) is 1. The maximum Gasteiger partial charge on any atom is 0.243 e. The van der Waals surface area contributed by atoms with E-state index in [2.05, 4.69) is 0 Å². The minimum atomic E-state index is -3.48. The molecule has 1 heterocycles. The number of aliphatic hydroxyl groups excluding tert-OH is 1. The number of hydrogen-bond acceptors (Lipinski definition) is 3. The molecule has 1 fully saturated rings. The van der Waals surface area contributed by atoms with E-state index < -0.39 is 16.1 Å². The summed E-state index contributed by atoms with van der Waals surface area (Å²) in [5.41, 5.74) is 1.03. The van der Waals surface area contributed by atoms with Crippen LogP contribution in [0.2, 0.25) is 0 Å². The minimum absolute atomic E-state index is 0.295. The van der Waals surface area contributed by atoms with Gasteiger partial charge in [0, 0.05) is 6.54 Å². The maximum absolute atomic E-state index is 12.5. The van der Waals surface area contributed by atoms with Crippen LogP contribution in [0.25, 0.3) is 0 Å². The largest absolute Gasteiger partial charge is 0.392 e. The molecule has 1 N–H and O–H groups in total. The lowest BCUT2D eigenvalue weighted by atomic mass is 10.1. The SMILES string of the molecule is Cc1ccc(S(=O)(=O)N2CCC[C@H]2[C@H](C)O)cc1. The predicted octanol–water partition coefficient (Wildman–Crippen LogP) is 1.53. The Bertz CT molecular complexity index is 508. The summed E-state index contributed by atoms with van der Waals surface area (Å²) in [6, 6.07) is 6.54. The lowest BCUT2D eigenvalue weighted by Gasteiger charge is -2.26. The Kier molecular flexibility index (Phi) is 3.75. The molecular weight excluding hydrogens is 250 g/mol. The zero-order valence-electron chi connectivity index (χ0n) is 10.7. The minimum Gasteiger partial charge on any atom is -0.392 e. The number of aryl methyl sites for hydroxylation is 1. The van der Waals surface area contributed by atoms with E-state index in [1.807, 2.05) is 6.92 Å². The second kappa shape index (κ2) is 4.99. The van der Waals surface area contributed by atoms with E-state index in [0.29, 0.717) is 11.4 Å². The van der Waals surface area contributed by atoms with Crippen LogP contribution in [0.3, 0.4) is 0 Å². The highest BCUT2D eigenvalue weighted by molar-refractivity contribution is 7.89. The molecule has 1 aromatic rings. The van der Waals surface area contributed by atoms with Gasteiger partial charge in [-0.15, -0.1) is 0 Å². The summed E-state index contributed by atoms with van der Waals surface area (Å²) < 4.78 is 26.4. The Labute approximate surface area is 108 Å². The van der Waals surface area contributed by atoms with Gasteiger partial charge in [-0.05, 0) is 38.8 Å². The summed E-state index contributed by atoms with van der Waals surface area (Å²) >= 11 is 0. The van der Waals surface area contributed by atoms with Gasteiger partial charge in [0.05, 0.1) is 17.0 Å². The fourth-order valence-corrected chi connectivity index (χ4v) is 4.15. The van der Waals surface area contributed by atoms with Crippen LogP contribution in [-0.4, -0.2) is 36.5 Å². The first-order valence-corrected chi connectivity index (χ1v) is 7.63. The molecule has 1 aliphatic rings. The Morgan fingerprint density at radius 2 is 1.94 bits per heavy atom. The summed E-state index contributed by atoms with van der Waals surface area (Å²) in [6.07, 6.45) is 0.899. The van der Waals surface area contributed by atoms with Crippen molar-refractivity contribution in [1.82, 2.24) is 4.31 Å². The van der Waals surface area contributed by atoms with Gasteiger partial charge in [0.2, 0.25) is 10.0 Å². The molecule has 0 saturated carbocycles. The van der Waals surface area contributed by atoms with E-state index in [1.165, 1.54) is 4.31 Å². The van der Waals surface area contributed by atoms with E-state index >= 15 is 0 Å². The van der Waals surface area contributed by atoms with Crippen molar-refractivity contribution in [1.29, 1.82) is 0 Å². The third kappa shape index (κ3) is 2.43. The first kappa shape index (κ1) is 13.5. The summed E-state index contributed by atoms with van der Waals surface area (Å²) in [5.74, 6) is 0. The number of benzene rings is 1. The van der Waals surface area contributed by atoms with E-state index in [9.17, 15) is 13.5 Å². The van der Waals surface area contributed by atoms with Gasteiger partial charge in [-0.2, -0.15) is 4.31 Å². The first-order valence-electron chi connectivity index (χ1n) is 6.19. The van der Waals surface area contributed by atoms with Gasteiger partial charge >= 0.3 is 0 Å². The second-order valence-corrected chi connectivity index (χ2v) is 6.77. The summed E-state index contributed by atoms with van der Waals surface area (Å²) in [5, 5.41) is 9.67. The van der Waals surface area contributed by atoms with Crippen LogP contribution in [0, 0.1) is 6.92 Å². The lowest BCUT2D eigenvalue weighted by Crippen LogP contribution is -2.41. The highest BCUT2D eigenvalue weighted by Gasteiger charge is 2.37. The first-order chi connectivity index (χ1) is 8.43. The van der Waals surface area contributed by atoms with Gasteiger partial charge in [-0.25, -0.2) is 8.42 Å². The molecule has 2 rings (SSSR count). The van der Waals surface area contributed by atoms with Gasteiger partial charge in [-0.3, -0.25) is 0 Å². The van der Waals surface area contributed by atoms with Gasteiger partial charge < -0.3 is 5.11 Å². The molecule has 0 bridgehead atoms. The van der Waals surface area contributed by atoms with Crippen LogP contribution in [0.1, 0.15) is 25.3 Å². The molecule has 2 atom stereocenters. The van der Waals surface area contributed by atoms with Crippen molar-refractivity contribution in [3.63, 3.8) is 0 Å². The molecule has 4 nitrogen and oxygen atoms in total. The third-order valence-electron chi connectivity index (χ3n) is 3.43. The average Bonchev–Trinajstić information content (AvgIpc) is 2.79. The van der Waals surface area contributed by atoms with Crippen LogP contribution in [0.5, 0.6) is 0 Å². The van der Waals surface area contributed by atoms with E-state index in [0.717, 1.165) is 18.4 Å². The van der Waals surface area contributed by atoms with Gasteiger partial charge in [0.1, 0.15) is 0 Å². The molecule has 0 radical (unpaired) electrons. The van der Waals surface area contributed by atoms with Crippen LogP contribution in [0.15, 0.2) is 29.2 Å². The highest BCUT2D eigenvalue weighted by Crippen LogP contribution is 2.27. The Balaban J connectivity index is 2.33. The smallest absolute Gasteiger partial charge is 0.243 e. The topological polar surface area (TPSA) is 57.6 Å². The van der Waals surface area contributed by atoms with Crippen LogP contribution in [-0.2, 0) is 10.0 Å². The fraction of sp³-hybridized carbons (Fsp3) is 0.538. The molecule has 0 amide bonds. The number of aliphatic hydroxyl groups is 1. The molecule has 1 aliphatic heterocycles. The maximum atomic E-state index is 12.5. The van der Waals surface area contributed by atoms with Crippen molar-refractivity contribution in [2.24, 2.45) is 0 Å². The number of sulfonamides is 1. The zero-order valence-corrected chi connectivity index (χ0v) is 11.5. The van der Waals surface area contributed by atoms with Gasteiger partial charge in [0.25, 0.3) is 0 Å². The van der Waals surface area contributed by atoms with E-state index in [4.69, 9.17) is 0 Å². The zero-order chi connectivity index (χ0) is 13.3. The second-order valence-electron chi connectivity index (χ2n) is 4.88. The fourth-order valence-electron chi connectivity index (χ4n) is 2.39. The van der Waals surface area contributed by atoms with Crippen molar-refractivity contribution in [2.45, 2.75) is 43.7 Å². The predicted molar refractivity (Wildman–Crippen MR) is 69.8 cm³/mol. The van der Waals surface area contributed by atoms with Crippen molar-refractivity contribution in [2.75, 3.05) is 6.54 Å². The monoisotopic (exact) mass is 269 g/mol. The van der Waals surface area contributed by atoms with E-state index in [1.54, 1.807) is 31.2 Å². The summed E-state index contributed by atoms with van der Waals surface area (Å²) in [4.78, 5) is 0.306. The third-order valence-corrected chi connectivity index (χ3v) is 5.37. The van der Waals surface area contributed by atoms with E-state index in [-0.39, 0.29) is 6.04 Å². The molecule has 0 aliphatic carbocycles. The molecule has 18 heavy (non-hydrogen) atoms.